The highest BCUT2D eigenvalue weighted by atomic mass is 32.2. The first-order chi connectivity index (χ1) is 13.1. The molecule has 0 aliphatic rings. The maximum atomic E-state index is 13.9. The lowest BCUT2D eigenvalue weighted by atomic mass is 10.1. The summed E-state index contributed by atoms with van der Waals surface area (Å²) < 4.78 is 20.5. The second-order valence-corrected chi connectivity index (χ2v) is 6.71. The number of halogens is 1. The van der Waals surface area contributed by atoms with Gasteiger partial charge in [-0.15, -0.1) is 10.2 Å². The second-order valence-electron chi connectivity index (χ2n) is 5.77. The lowest BCUT2D eigenvalue weighted by molar-refractivity contribution is 0.391. The summed E-state index contributed by atoms with van der Waals surface area (Å²) in [5, 5.41) is 12.4. The molecule has 136 valence electrons. The van der Waals surface area contributed by atoms with Crippen LogP contribution in [0.25, 0.3) is 22.8 Å². The number of aromatic nitrogens is 5. The van der Waals surface area contributed by atoms with Crippen LogP contribution in [-0.2, 0) is 5.75 Å². The molecular weight excluding hydrogens is 367 g/mol. The van der Waals surface area contributed by atoms with Gasteiger partial charge in [0.1, 0.15) is 5.82 Å². The van der Waals surface area contributed by atoms with Crippen LogP contribution < -0.4 is 5.84 Å². The largest absolute Gasteiger partial charge is 0.338 e. The first-order valence-corrected chi connectivity index (χ1v) is 9.09. The van der Waals surface area contributed by atoms with E-state index in [1.807, 2.05) is 31.2 Å². The van der Waals surface area contributed by atoms with Crippen molar-refractivity contribution >= 4 is 11.8 Å². The topological polar surface area (TPSA) is 95.7 Å². The number of hydrogen-bond acceptors (Lipinski definition) is 7. The number of aryl methyl sites for hydroxylation is 1. The number of thioether (sulfide) groups is 1. The molecule has 0 radical (unpaired) electrons. The number of benzene rings is 2. The second kappa shape index (κ2) is 7.20. The molecule has 0 fully saturated rings. The smallest absolute Gasteiger partial charge is 0.237 e. The summed E-state index contributed by atoms with van der Waals surface area (Å²) >= 11 is 1.28. The summed E-state index contributed by atoms with van der Waals surface area (Å²) in [7, 11) is 0. The maximum Gasteiger partial charge on any atom is 0.237 e. The molecule has 2 aromatic heterocycles. The fourth-order valence-electron chi connectivity index (χ4n) is 2.57. The summed E-state index contributed by atoms with van der Waals surface area (Å²) in [5.41, 5.74) is 2.27. The van der Waals surface area contributed by atoms with Crippen molar-refractivity contribution in [1.29, 1.82) is 0 Å². The minimum Gasteiger partial charge on any atom is -0.338 e. The van der Waals surface area contributed by atoms with Crippen LogP contribution in [0, 0.1) is 12.7 Å². The van der Waals surface area contributed by atoms with Gasteiger partial charge in [0.15, 0.2) is 5.82 Å². The van der Waals surface area contributed by atoms with E-state index in [-0.39, 0.29) is 5.82 Å². The Morgan fingerprint density at radius 2 is 1.81 bits per heavy atom. The number of hydrogen-bond donors (Lipinski definition) is 1. The Morgan fingerprint density at radius 3 is 2.59 bits per heavy atom. The molecule has 0 atom stereocenters. The lowest BCUT2D eigenvalue weighted by Gasteiger charge is -2.03. The van der Waals surface area contributed by atoms with Crippen LogP contribution in [0.15, 0.2) is 58.2 Å². The van der Waals surface area contributed by atoms with Crippen LogP contribution in [0.1, 0.15) is 11.5 Å². The van der Waals surface area contributed by atoms with Gasteiger partial charge in [-0.2, -0.15) is 4.98 Å². The maximum absolute atomic E-state index is 13.9. The van der Waals surface area contributed by atoms with Crippen LogP contribution in [-0.4, -0.2) is 25.0 Å². The number of nitrogens with two attached hydrogens (primary N) is 1. The van der Waals surface area contributed by atoms with Gasteiger partial charge < -0.3 is 10.4 Å². The summed E-state index contributed by atoms with van der Waals surface area (Å²) in [6.45, 7) is 1.99. The zero-order chi connectivity index (χ0) is 18.8. The Morgan fingerprint density at radius 1 is 1.07 bits per heavy atom. The van der Waals surface area contributed by atoms with Gasteiger partial charge in [0.05, 0.1) is 11.3 Å². The van der Waals surface area contributed by atoms with Crippen molar-refractivity contribution in [3.05, 3.63) is 65.8 Å². The third-order valence-electron chi connectivity index (χ3n) is 3.96. The molecule has 2 heterocycles. The fourth-order valence-corrected chi connectivity index (χ4v) is 3.27. The Balaban J connectivity index is 1.51. The van der Waals surface area contributed by atoms with E-state index in [4.69, 9.17) is 10.4 Å². The highest BCUT2D eigenvalue weighted by Crippen LogP contribution is 2.26. The first kappa shape index (κ1) is 17.2. The van der Waals surface area contributed by atoms with Gasteiger partial charge in [0, 0.05) is 5.56 Å². The molecule has 0 aliphatic carbocycles. The SMILES string of the molecule is Cc1ccccc1-c1noc(CSc2nnc(-c3ccccc3F)n2N)n1. The van der Waals surface area contributed by atoms with E-state index >= 15 is 0 Å². The minimum atomic E-state index is -0.409. The average molecular weight is 382 g/mol. The predicted octanol–water partition coefficient (Wildman–Crippen LogP) is 3.45. The molecule has 4 rings (SSSR count). The number of nitrogens with zero attached hydrogens (tertiary/aromatic N) is 5. The zero-order valence-corrected chi connectivity index (χ0v) is 15.2. The first-order valence-electron chi connectivity index (χ1n) is 8.10. The number of nitrogen functional groups attached to an aromatic ring is 1. The average Bonchev–Trinajstić information content (AvgIpc) is 3.28. The molecule has 9 heteroatoms. The molecule has 0 aliphatic heterocycles. The van der Waals surface area contributed by atoms with E-state index < -0.39 is 5.82 Å². The molecule has 2 aromatic carbocycles. The summed E-state index contributed by atoms with van der Waals surface area (Å²) in [6, 6.07) is 14.1. The molecule has 7 nitrogen and oxygen atoms in total. The summed E-state index contributed by atoms with van der Waals surface area (Å²) in [5.74, 6) is 7.20. The van der Waals surface area contributed by atoms with Crippen LogP contribution in [0.4, 0.5) is 4.39 Å². The fraction of sp³-hybridized carbons (Fsp3) is 0.111. The highest BCUT2D eigenvalue weighted by molar-refractivity contribution is 7.98. The molecular formula is C18H15FN6OS. The van der Waals surface area contributed by atoms with Crippen molar-refractivity contribution in [2.45, 2.75) is 17.8 Å². The normalized spacial score (nSPS) is 11.0. The van der Waals surface area contributed by atoms with E-state index in [1.54, 1.807) is 18.2 Å². The van der Waals surface area contributed by atoms with Gasteiger partial charge in [-0.25, -0.2) is 9.07 Å². The minimum absolute atomic E-state index is 0.252. The molecule has 0 unspecified atom stereocenters. The Labute approximate surface area is 158 Å². The van der Waals surface area contributed by atoms with Crippen LogP contribution in [0.2, 0.25) is 0 Å². The molecule has 0 saturated heterocycles. The highest BCUT2D eigenvalue weighted by Gasteiger charge is 2.17. The van der Waals surface area contributed by atoms with Crippen molar-refractivity contribution in [3.8, 4) is 22.8 Å². The van der Waals surface area contributed by atoms with Gasteiger partial charge in [0.2, 0.25) is 16.9 Å². The molecule has 0 bridgehead atoms. The van der Waals surface area contributed by atoms with Crippen molar-refractivity contribution in [2.24, 2.45) is 0 Å². The quantitative estimate of drug-likeness (QED) is 0.417. The van der Waals surface area contributed by atoms with E-state index in [0.717, 1.165) is 11.1 Å². The van der Waals surface area contributed by atoms with Crippen molar-refractivity contribution in [2.75, 3.05) is 5.84 Å². The van der Waals surface area contributed by atoms with Crippen molar-refractivity contribution < 1.29 is 8.91 Å². The Kier molecular flexibility index (Phi) is 4.59. The molecule has 2 N–H and O–H groups in total. The monoisotopic (exact) mass is 382 g/mol. The van der Waals surface area contributed by atoms with E-state index in [0.29, 0.717) is 28.2 Å². The third-order valence-corrected chi connectivity index (χ3v) is 4.89. The zero-order valence-electron chi connectivity index (χ0n) is 14.3. The van der Waals surface area contributed by atoms with Gasteiger partial charge in [0.25, 0.3) is 0 Å². The van der Waals surface area contributed by atoms with Gasteiger partial charge in [-0.3, -0.25) is 0 Å². The lowest BCUT2D eigenvalue weighted by Crippen LogP contribution is -2.12. The van der Waals surface area contributed by atoms with Crippen LogP contribution in [0.3, 0.4) is 0 Å². The van der Waals surface area contributed by atoms with Crippen LogP contribution in [0.5, 0.6) is 0 Å². The molecule has 0 spiro atoms. The Bertz CT molecular complexity index is 1090. The van der Waals surface area contributed by atoms with Gasteiger partial charge in [-0.05, 0) is 24.6 Å². The van der Waals surface area contributed by atoms with E-state index in [9.17, 15) is 4.39 Å². The summed E-state index contributed by atoms with van der Waals surface area (Å²) in [4.78, 5) is 4.41. The molecule has 27 heavy (non-hydrogen) atoms. The standard InChI is InChI=1S/C18H15FN6OS/c1-11-6-2-3-7-12(11)16-21-15(26-24-16)10-27-18-23-22-17(25(18)20)13-8-4-5-9-14(13)19/h2-9H,10,20H2,1H3. The molecule has 4 aromatic rings. The van der Waals surface area contributed by atoms with Gasteiger partial charge in [-0.1, -0.05) is 53.3 Å². The van der Waals surface area contributed by atoms with Gasteiger partial charge >= 0.3 is 0 Å². The van der Waals surface area contributed by atoms with Crippen molar-refractivity contribution in [1.82, 2.24) is 25.0 Å². The Hall–Kier alpha value is -3.20. The van der Waals surface area contributed by atoms with Crippen LogP contribution >= 0.6 is 11.8 Å². The van der Waals surface area contributed by atoms with Crippen molar-refractivity contribution in [3.63, 3.8) is 0 Å². The number of rotatable bonds is 5. The molecule has 0 amide bonds. The summed E-state index contributed by atoms with van der Waals surface area (Å²) in [6.07, 6.45) is 0. The third kappa shape index (κ3) is 3.41. The predicted molar refractivity (Wildman–Crippen MR) is 99.6 cm³/mol. The van der Waals surface area contributed by atoms with E-state index in [2.05, 4.69) is 20.3 Å². The van der Waals surface area contributed by atoms with E-state index in [1.165, 1.54) is 22.5 Å². The molecule has 0 saturated carbocycles.